The maximum absolute atomic E-state index is 11.1. The first-order valence-corrected chi connectivity index (χ1v) is 6.92. The molecule has 8 heteroatoms. The molecule has 102 valence electrons. The van der Waals surface area contributed by atoms with Gasteiger partial charge in [0, 0.05) is 17.2 Å². The van der Waals surface area contributed by atoms with Crippen LogP contribution >= 0.6 is 35.6 Å². The zero-order chi connectivity index (χ0) is 14.7. The van der Waals surface area contributed by atoms with Crippen LogP contribution in [-0.4, -0.2) is 15.2 Å². The lowest BCUT2D eigenvalue weighted by atomic mass is 10.2. The molecule has 0 unspecified atom stereocenters. The number of amides is 1. The summed E-state index contributed by atoms with van der Waals surface area (Å²) in [7, 11) is 0. The molecule has 1 N–H and O–H groups in total. The number of allylic oxidation sites excluding steroid dienone is 2. The number of hydrogen-bond donors (Lipinski definition) is 1. The Morgan fingerprint density at radius 3 is 2.55 bits per heavy atom. The number of rotatable bonds is 3. The van der Waals surface area contributed by atoms with E-state index in [-0.39, 0.29) is 10.9 Å². The first-order chi connectivity index (χ1) is 9.45. The van der Waals surface area contributed by atoms with Gasteiger partial charge >= 0.3 is 0 Å². The van der Waals surface area contributed by atoms with Crippen LogP contribution in [0.25, 0.3) is 6.08 Å². The largest absolute Gasteiger partial charge is 0.307 e. The van der Waals surface area contributed by atoms with E-state index in [0.29, 0.717) is 20.5 Å². The molecule has 0 radical (unpaired) electrons. The number of halogens is 1. The molecule has 0 aliphatic carbocycles. The topological polar surface area (TPSA) is 72.2 Å². The van der Waals surface area contributed by atoms with Gasteiger partial charge in [-0.3, -0.25) is 14.9 Å². The predicted octanol–water partition coefficient (Wildman–Crippen LogP) is 3.84. The van der Waals surface area contributed by atoms with Gasteiger partial charge in [0.15, 0.2) is 0 Å². The Hall–Kier alpha value is -1.70. The molecule has 0 bridgehead atoms. The van der Waals surface area contributed by atoms with E-state index in [1.807, 2.05) is 0 Å². The second kappa shape index (κ2) is 6.17. The molecule has 0 atom stereocenters. The third-order valence-corrected chi connectivity index (χ3v) is 3.82. The molecule has 0 aromatic heterocycles. The van der Waals surface area contributed by atoms with Gasteiger partial charge in [-0.05, 0) is 41.6 Å². The lowest BCUT2D eigenvalue weighted by Crippen LogP contribution is -2.15. The number of carbonyl (C=O) groups is 1. The maximum Gasteiger partial charge on any atom is 0.289 e. The van der Waals surface area contributed by atoms with E-state index in [1.54, 1.807) is 24.3 Å². The number of benzene rings is 1. The van der Waals surface area contributed by atoms with E-state index >= 15 is 0 Å². The van der Waals surface area contributed by atoms with Crippen LogP contribution in [-0.2, 0) is 0 Å². The van der Waals surface area contributed by atoms with Crippen molar-refractivity contribution in [3.8, 4) is 0 Å². The van der Waals surface area contributed by atoms with Gasteiger partial charge in [0.1, 0.15) is 4.99 Å². The highest BCUT2D eigenvalue weighted by Crippen LogP contribution is 2.27. The molecule has 1 saturated heterocycles. The van der Waals surface area contributed by atoms with Crippen molar-refractivity contribution >= 4 is 57.6 Å². The molecule has 1 heterocycles. The minimum atomic E-state index is -0.470. The first kappa shape index (κ1) is 14.7. The van der Waals surface area contributed by atoms with Crippen molar-refractivity contribution in [3.05, 3.63) is 56.0 Å². The van der Waals surface area contributed by atoms with Gasteiger partial charge in [-0.15, -0.1) is 0 Å². The highest BCUT2D eigenvalue weighted by molar-refractivity contribution is 8.19. The Bertz CT molecular complexity index is 653. The SMILES string of the molecule is O=C1NC(=S)/C(=C/C(Cl)=C/c2ccc([N+](=O)[O-])cc2)S1. The summed E-state index contributed by atoms with van der Waals surface area (Å²) in [5.41, 5.74) is 0.726. The lowest BCUT2D eigenvalue weighted by molar-refractivity contribution is -0.384. The molecule has 1 fully saturated rings. The van der Waals surface area contributed by atoms with Crippen LogP contribution in [0.15, 0.2) is 40.3 Å². The number of nitro groups is 1. The summed E-state index contributed by atoms with van der Waals surface area (Å²) in [6, 6.07) is 5.96. The maximum atomic E-state index is 11.1. The summed E-state index contributed by atoms with van der Waals surface area (Å²) < 4.78 is 0. The average Bonchev–Trinajstić information content (AvgIpc) is 2.68. The van der Waals surface area contributed by atoms with Gasteiger partial charge in [0.05, 0.1) is 9.83 Å². The van der Waals surface area contributed by atoms with Crippen molar-refractivity contribution in [2.75, 3.05) is 0 Å². The zero-order valence-corrected chi connectivity index (χ0v) is 12.2. The molecule has 1 aromatic rings. The van der Waals surface area contributed by atoms with Crippen LogP contribution < -0.4 is 5.32 Å². The minimum absolute atomic E-state index is 0.0129. The van der Waals surface area contributed by atoms with E-state index in [0.717, 1.165) is 11.8 Å². The summed E-state index contributed by atoms with van der Waals surface area (Å²) >= 11 is 12.0. The zero-order valence-electron chi connectivity index (χ0n) is 9.83. The Labute approximate surface area is 128 Å². The summed E-state index contributed by atoms with van der Waals surface area (Å²) in [4.78, 5) is 22.1. The summed E-state index contributed by atoms with van der Waals surface area (Å²) in [5.74, 6) is 0. The van der Waals surface area contributed by atoms with E-state index in [9.17, 15) is 14.9 Å². The Morgan fingerprint density at radius 1 is 1.40 bits per heavy atom. The molecule has 1 aromatic carbocycles. The van der Waals surface area contributed by atoms with Gasteiger partial charge in [-0.2, -0.15) is 0 Å². The number of thiocarbonyl (C=S) groups is 1. The fourth-order valence-corrected chi connectivity index (χ4v) is 2.76. The van der Waals surface area contributed by atoms with Crippen molar-refractivity contribution in [3.63, 3.8) is 0 Å². The van der Waals surface area contributed by atoms with Crippen molar-refractivity contribution < 1.29 is 9.72 Å². The molecule has 20 heavy (non-hydrogen) atoms. The highest BCUT2D eigenvalue weighted by Gasteiger charge is 2.21. The van der Waals surface area contributed by atoms with Crippen molar-refractivity contribution in [1.29, 1.82) is 0 Å². The molecule has 1 amide bonds. The smallest absolute Gasteiger partial charge is 0.289 e. The standard InChI is InChI=1S/C12H7ClN2O3S2/c13-8(6-10-11(19)14-12(16)20-10)5-7-1-3-9(4-2-7)15(17)18/h1-6H,(H,14,16,19)/b8-5-,10-6-. The highest BCUT2D eigenvalue weighted by atomic mass is 35.5. The first-order valence-electron chi connectivity index (χ1n) is 5.32. The quantitative estimate of drug-likeness (QED) is 0.395. The number of nitrogens with zero attached hydrogens (tertiary/aromatic N) is 1. The third-order valence-electron chi connectivity index (χ3n) is 2.32. The van der Waals surface area contributed by atoms with Gasteiger partial charge in [-0.25, -0.2) is 0 Å². The Morgan fingerprint density at radius 2 is 2.05 bits per heavy atom. The van der Waals surface area contributed by atoms with Crippen LogP contribution in [0, 0.1) is 10.1 Å². The van der Waals surface area contributed by atoms with Crippen molar-refractivity contribution in [2.45, 2.75) is 0 Å². The normalized spacial score (nSPS) is 17.4. The number of thioether (sulfide) groups is 1. The second-order valence-corrected chi connectivity index (χ2v) is 5.59. The molecular weight excluding hydrogens is 320 g/mol. The van der Waals surface area contributed by atoms with Gasteiger partial charge < -0.3 is 5.32 Å². The van der Waals surface area contributed by atoms with Gasteiger partial charge in [0.2, 0.25) is 0 Å². The van der Waals surface area contributed by atoms with E-state index in [4.69, 9.17) is 23.8 Å². The monoisotopic (exact) mass is 326 g/mol. The Kier molecular flexibility index (Phi) is 4.53. The fourth-order valence-electron chi connectivity index (χ4n) is 1.44. The van der Waals surface area contributed by atoms with Crippen LogP contribution in [0.3, 0.4) is 0 Å². The van der Waals surface area contributed by atoms with Crippen LogP contribution in [0.2, 0.25) is 0 Å². The minimum Gasteiger partial charge on any atom is -0.307 e. The van der Waals surface area contributed by atoms with Crippen LogP contribution in [0.5, 0.6) is 0 Å². The lowest BCUT2D eigenvalue weighted by Gasteiger charge is -1.96. The molecule has 5 nitrogen and oxygen atoms in total. The number of hydrogen-bond acceptors (Lipinski definition) is 5. The van der Waals surface area contributed by atoms with Crippen LogP contribution in [0.1, 0.15) is 5.56 Å². The van der Waals surface area contributed by atoms with Crippen LogP contribution in [0.4, 0.5) is 10.5 Å². The number of nitro benzene ring substituents is 1. The van der Waals surface area contributed by atoms with E-state index in [2.05, 4.69) is 5.32 Å². The summed E-state index contributed by atoms with van der Waals surface area (Å²) in [6.07, 6.45) is 3.21. The van der Waals surface area contributed by atoms with Gasteiger partial charge in [0.25, 0.3) is 10.9 Å². The van der Waals surface area contributed by atoms with E-state index in [1.165, 1.54) is 12.1 Å². The fraction of sp³-hybridized carbons (Fsp3) is 0. The summed E-state index contributed by atoms with van der Waals surface area (Å²) in [5, 5.41) is 13.2. The van der Waals surface area contributed by atoms with Gasteiger partial charge in [-0.1, -0.05) is 23.8 Å². The third kappa shape index (κ3) is 3.66. The number of carbonyl (C=O) groups excluding carboxylic acids is 1. The average molecular weight is 327 g/mol. The molecular formula is C12H7ClN2O3S2. The molecule has 0 spiro atoms. The summed E-state index contributed by atoms with van der Waals surface area (Å²) in [6.45, 7) is 0. The second-order valence-electron chi connectivity index (χ2n) is 3.73. The van der Waals surface area contributed by atoms with Crippen molar-refractivity contribution in [2.24, 2.45) is 0 Å². The molecule has 2 rings (SSSR count). The predicted molar refractivity (Wildman–Crippen MR) is 83.7 cm³/mol. The molecule has 1 aliphatic heterocycles. The van der Waals surface area contributed by atoms with E-state index < -0.39 is 4.92 Å². The number of nitrogens with one attached hydrogen (secondary N) is 1. The number of non-ortho nitro benzene ring substituents is 1. The van der Waals surface area contributed by atoms with Crippen molar-refractivity contribution in [1.82, 2.24) is 5.32 Å². The molecule has 0 saturated carbocycles. The molecule has 1 aliphatic rings. The Balaban J connectivity index is 2.18.